The third-order valence-electron chi connectivity index (χ3n) is 3.42. The van der Waals surface area contributed by atoms with Crippen molar-refractivity contribution in [2.45, 2.75) is 26.8 Å². The number of benzene rings is 2. The molecule has 124 valence electrons. The van der Waals surface area contributed by atoms with E-state index in [0.717, 1.165) is 35.5 Å². The van der Waals surface area contributed by atoms with Crippen molar-refractivity contribution in [1.82, 2.24) is 5.32 Å². The minimum atomic E-state index is 0.618. The maximum absolute atomic E-state index is 5.70. The third kappa shape index (κ3) is 5.56. The largest absolute Gasteiger partial charge is 0.490 e. The molecule has 0 heterocycles. The zero-order valence-electron chi connectivity index (χ0n) is 13.8. The van der Waals surface area contributed by atoms with Gasteiger partial charge < -0.3 is 14.8 Å². The molecule has 0 unspecified atom stereocenters. The van der Waals surface area contributed by atoms with Crippen molar-refractivity contribution >= 4 is 15.9 Å². The monoisotopic (exact) mass is 377 g/mol. The van der Waals surface area contributed by atoms with E-state index in [-0.39, 0.29) is 0 Å². The van der Waals surface area contributed by atoms with Crippen LogP contribution in [0.15, 0.2) is 46.9 Å². The van der Waals surface area contributed by atoms with Crippen molar-refractivity contribution in [2.75, 3.05) is 19.8 Å². The molecule has 23 heavy (non-hydrogen) atoms. The van der Waals surface area contributed by atoms with Crippen LogP contribution in [0.1, 0.15) is 25.0 Å². The normalized spacial score (nSPS) is 10.6. The number of ether oxygens (including phenoxy) is 2. The van der Waals surface area contributed by atoms with E-state index in [1.54, 1.807) is 0 Å². The van der Waals surface area contributed by atoms with Crippen LogP contribution >= 0.6 is 15.9 Å². The van der Waals surface area contributed by atoms with Gasteiger partial charge in [-0.2, -0.15) is 0 Å². The second kappa shape index (κ2) is 9.58. The average Bonchev–Trinajstić information content (AvgIpc) is 2.56. The zero-order valence-corrected chi connectivity index (χ0v) is 15.4. The summed E-state index contributed by atoms with van der Waals surface area (Å²) in [6.45, 7) is 6.94. The molecule has 4 heteroatoms. The van der Waals surface area contributed by atoms with Crippen molar-refractivity contribution in [3.05, 3.63) is 58.1 Å². The van der Waals surface area contributed by atoms with E-state index in [0.29, 0.717) is 13.2 Å². The number of nitrogens with one attached hydrogen (secondary N) is 1. The lowest BCUT2D eigenvalue weighted by molar-refractivity contribution is 0.286. The molecule has 0 amide bonds. The minimum absolute atomic E-state index is 0.618. The minimum Gasteiger partial charge on any atom is -0.490 e. The lowest BCUT2D eigenvalue weighted by Gasteiger charge is -2.15. The number of hydrogen-bond donors (Lipinski definition) is 1. The highest BCUT2D eigenvalue weighted by molar-refractivity contribution is 9.10. The lowest BCUT2D eigenvalue weighted by Crippen LogP contribution is -2.16. The van der Waals surface area contributed by atoms with Crippen molar-refractivity contribution in [2.24, 2.45) is 0 Å². The molecule has 0 radical (unpaired) electrons. The SMILES string of the molecule is CCOc1cc(CNCCc2ccccc2)cc(Br)c1OCC. The first-order valence-corrected chi connectivity index (χ1v) is 8.86. The second-order valence-corrected chi connectivity index (χ2v) is 6.04. The number of halogens is 1. The highest BCUT2D eigenvalue weighted by Gasteiger charge is 2.11. The average molecular weight is 378 g/mol. The van der Waals surface area contributed by atoms with Crippen LogP contribution in [0.25, 0.3) is 0 Å². The summed E-state index contributed by atoms with van der Waals surface area (Å²) in [7, 11) is 0. The molecule has 0 saturated heterocycles. The summed E-state index contributed by atoms with van der Waals surface area (Å²) >= 11 is 3.58. The Bertz CT molecular complexity index is 602. The Balaban J connectivity index is 1.94. The smallest absolute Gasteiger partial charge is 0.175 e. The maximum atomic E-state index is 5.70. The standard InChI is InChI=1S/C19H24BrNO2/c1-3-22-18-13-16(12-17(20)19(18)23-4-2)14-21-11-10-15-8-6-5-7-9-15/h5-9,12-13,21H,3-4,10-11,14H2,1-2H3. The van der Waals surface area contributed by atoms with Gasteiger partial charge in [0.15, 0.2) is 11.5 Å². The Labute approximate surface area is 147 Å². The van der Waals surface area contributed by atoms with Gasteiger partial charge in [0.1, 0.15) is 0 Å². The Morgan fingerprint density at radius 1 is 0.957 bits per heavy atom. The highest BCUT2D eigenvalue weighted by Crippen LogP contribution is 2.36. The molecule has 3 nitrogen and oxygen atoms in total. The van der Waals surface area contributed by atoms with Gasteiger partial charge in [0, 0.05) is 6.54 Å². The van der Waals surface area contributed by atoms with Gasteiger partial charge in [0.25, 0.3) is 0 Å². The molecular weight excluding hydrogens is 354 g/mol. The van der Waals surface area contributed by atoms with Gasteiger partial charge >= 0.3 is 0 Å². The van der Waals surface area contributed by atoms with E-state index in [1.165, 1.54) is 11.1 Å². The molecule has 0 fully saturated rings. The van der Waals surface area contributed by atoms with Gasteiger partial charge in [-0.25, -0.2) is 0 Å². The summed E-state index contributed by atoms with van der Waals surface area (Å²) in [4.78, 5) is 0. The summed E-state index contributed by atoms with van der Waals surface area (Å²) in [5.41, 5.74) is 2.53. The van der Waals surface area contributed by atoms with Gasteiger partial charge in [-0.15, -0.1) is 0 Å². The van der Waals surface area contributed by atoms with Crippen LogP contribution in [0, 0.1) is 0 Å². The number of hydrogen-bond acceptors (Lipinski definition) is 3. The first kappa shape index (κ1) is 17.8. The van der Waals surface area contributed by atoms with Gasteiger partial charge in [-0.1, -0.05) is 30.3 Å². The Morgan fingerprint density at radius 3 is 2.39 bits per heavy atom. The summed E-state index contributed by atoms with van der Waals surface area (Å²) in [6.07, 6.45) is 1.03. The van der Waals surface area contributed by atoms with Crippen LogP contribution in [0.5, 0.6) is 11.5 Å². The Hall–Kier alpha value is -1.52. The highest BCUT2D eigenvalue weighted by atomic mass is 79.9. The van der Waals surface area contributed by atoms with E-state index in [4.69, 9.17) is 9.47 Å². The lowest BCUT2D eigenvalue weighted by atomic mass is 10.1. The van der Waals surface area contributed by atoms with Crippen molar-refractivity contribution in [3.63, 3.8) is 0 Å². The summed E-state index contributed by atoms with van der Waals surface area (Å²) in [6, 6.07) is 14.6. The Morgan fingerprint density at radius 2 is 1.70 bits per heavy atom. The van der Waals surface area contributed by atoms with Crippen LogP contribution in [-0.2, 0) is 13.0 Å². The van der Waals surface area contributed by atoms with Crippen LogP contribution in [-0.4, -0.2) is 19.8 Å². The second-order valence-electron chi connectivity index (χ2n) is 5.18. The molecule has 0 bridgehead atoms. The van der Waals surface area contributed by atoms with E-state index >= 15 is 0 Å². The molecule has 0 aliphatic heterocycles. The predicted molar refractivity (Wildman–Crippen MR) is 98.3 cm³/mol. The molecule has 0 saturated carbocycles. The van der Waals surface area contributed by atoms with Crippen molar-refractivity contribution in [3.8, 4) is 11.5 Å². The van der Waals surface area contributed by atoms with Crippen LogP contribution in [0.4, 0.5) is 0 Å². The molecule has 0 aliphatic rings. The fourth-order valence-corrected chi connectivity index (χ4v) is 2.98. The van der Waals surface area contributed by atoms with Crippen molar-refractivity contribution < 1.29 is 9.47 Å². The first-order chi connectivity index (χ1) is 11.2. The fraction of sp³-hybridized carbons (Fsp3) is 0.368. The van der Waals surface area contributed by atoms with Crippen molar-refractivity contribution in [1.29, 1.82) is 0 Å². The van der Waals surface area contributed by atoms with Gasteiger partial charge in [-0.3, -0.25) is 0 Å². The molecule has 0 spiro atoms. The molecule has 2 rings (SSSR count). The van der Waals surface area contributed by atoms with E-state index in [9.17, 15) is 0 Å². The molecule has 2 aromatic carbocycles. The summed E-state index contributed by atoms with van der Waals surface area (Å²) < 4.78 is 12.3. The molecule has 0 aromatic heterocycles. The first-order valence-electron chi connectivity index (χ1n) is 8.07. The molecular formula is C19H24BrNO2. The topological polar surface area (TPSA) is 30.5 Å². The molecule has 0 atom stereocenters. The number of rotatable bonds is 9. The third-order valence-corrected chi connectivity index (χ3v) is 4.01. The predicted octanol–water partition coefficient (Wildman–Crippen LogP) is 4.58. The van der Waals surface area contributed by atoms with Gasteiger partial charge in [-0.05, 0) is 66.0 Å². The van der Waals surface area contributed by atoms with Crippen LogP contribution in [0.3, 0.4) is 0 Å². The Kier molecular flexibility index (Phi) is 7.43. The summed E-state index contributed by atoms with van der Waals surface area (Å²) in [5, 5.41) is 3.48. The van der Waals surface area contributed by atoms with E-state index < -0.39 is 0 Å². The fourth-order valence-electron chi connectivity index (χ4n) is 2.38. The van der Waals surface area contributed by atoms with Crippen LogP contribution < -0.4 is 14.8 Å². The molecule has 0 aliphatic carbocycles. The molecule has 2 aromatic rings. The summed E-state index contributed by atoms with van der Waals surface area (Å²) in [5.74, 6) is 1.57. The van der Waals surface area contributed by atoms with Gasteiger partial charge in [0.2, 0.25) is 0 Å². The van der Waals surface area contributed by atoms with Gasteiger partial charge in [0.05, 0.1) is 17.7 Å². The van der Waals surface area contributed by atoms with E-state index in [1.807, 2.05) is 19.9 Å². The zero-order chi connectivity index (χ0) is 16.5. The maximum Gasteiger partial charge on any atom is 0.175 e. The van der Waals surface area contributed by atoms with E-state index in [2.05, 4.69) is 57.6 Å². The van der Waals surface area contributed by atoms with Crippen LogP contribution in [0.2, 0.25) is 0 Å². The quantitative estimate of drug-likeness (QED) is 0.648. The molecule has 1 N–H and O–H groups in total.